The second-order valence-electron chi connectivity index (χ2n) is 4.44. The molecule has 0 aliphatic rings. The largest absolute Gasteiger partial charge is 0.394 e. The summed E-state index contributed by atoms with van der Waals surface area (Å²) in [7, 11) is 0. The van der Waals surface area contributed by atoms with Gasteiger partial charge in [-0.05, 0) is 12.3 Å². The molecule has 4 N–H and O–H groups in total. The molecule has 0 aliphatic heterocycles. The summed E-state index contributed by atoms with van der Waals surface area (Å²) >= 11 is 0. The Morgan fingerprint density at radius 1 is 1.54 bits per heavy atom. The molecule has 4 nitrogen and oxygen atoms in total. The molecular weight excluding hydrogens is 168 g/mol. The maximum atomic E-state index is 11.4. The second-order valence-corrected chi connectivity index (χ2v) is 4.44. The van der Waals surface area contributed by atoms with Gasteiger partial charge in [0.05, 0.1) is 12.6 Å². The highest BCUT2D eigenvalue weighted by atomic mass is 16.3. The third kappa shape index (κ3) is 4.24. The van der Waals surface area contributed by atoms with Crippen LogP contribution in [-0.2, 0) is 4.79 Å². The van der Waals surface area contributed by atoms with Crippen LogP contribution in [-0.4, -0.2) is 29.7 Å². The lowest BCUT2D eigenvalue weighted by Gasteiger charge is -2.26. The van der Waals surface area contributed by atoms with Gasteiger partial charge in [-0.3, -0.25) is 4.79 Å². The van der Waals surface area contributed by atoms with Crippen LogP contribution >= 0.6 is 0 Å². The van der Waals surface area contributed by atoms with Crippen LogP contribution in [0.2, 0.25) is 0 Å². The number of carbonyl (C=O) groups is 1. The van der Waals surface area contributed by atoms with E-state index in [1.54, 1.807) is 6.92 Å². The molecule has 0 spiro atoms. The molecule has 0 aromatic rings. The summed E-state index contributed by atoms with van der Waals surface area (Å²) in [6, 6.07) is -0.776. The molecule has 0 aromatic heterocycles. The zero-order valence-electron chi connectivity index (χ0n) is 8.79. The molecule has 1 unspecified atom stereocenters. The predicted octanol–water partition coefficient (Wildman–Crippen LogP) is -0.143. The van der Waals surface area contributed by atoms with E-state index in [0.29, 0.717) is 0 Å². The van der Waals surface area contributed by atoms with E-state index in [1.165, 1.54) is 0 Å². The van der Waals surface area contributed by atoms with Crippen molar-refractivity contribution in [1.82, 2.24) is 5.32 Å². The van der Waals surface area contributed by atoms with Crippen LogP contribution in [0.1, 0.15) is 27.7 Å². The first-order chi connectivity index (χ1) is 5.79. The molecule has 0 saturated carbocycles. The normalized spacial score (nSPS) is 16.5. The highest BCUT2D eigenvalue weighted by Gasteiger charge is 2.27. The Bertz CT molecular complexity index is 175. The average Bonchev–Trinajstić information content (AvgIpc) is 2.01. The first-order valence-electron chi connectivity index (χ1n) is 4.46. The number of amides is 1. The Morgan fingerprint density at radius 2 is 2.00 bits per heavy atom. The van der Waals surface area contributed by atoms with Gasteiger partial charge in [-0.25, -0.2) is 0 Å². The smallest absolute Gasteiger partial charge is 0.237 e. The number of hydrogen-bond donors (Lipinski definition) is 3. The minimum absolute atomic E-state index is 0.0669. The van der Waals surface area contributed by atoms with Crippen molar-refractivity contribution in [2.75, 3.05) is 6.61 Å². The molecule has 0 radical (unpaired) electrons. The summed E-state index contributed by atoms with van der Waals surface area (Å²) in [5.74, 6) is -0.214. The van der Waals surface area contributed by atoms with Crippen LogP contribution in [0.5, 0.6) is 0 Å². The van der Waals surface area contributed by atoms with E-state index in [1.807, 2.05) is 20.8 Å². The number of aliphatic hydroxyl groups excluding tert-OH is 1. The van der Waals surface area contributed by atoms with Gasteiger partial charge in [0.15, 0.2) is 0 Å². The Labute approximate surface area is 79.5 Å². The number of aliphatic hydroxyl groups is 1. The van der Waals surface area contributed by atoms with Gasteiger partial charge in [0.1, 0.15) is 0 Å². The van der Waals surface area contributed by atoms with Crippen molar-refractivity contribution in [2.24, 2.45) is 11.1 Å². The van der Waals surface area contributed by atoms with Crippen molar-refractivity contribution in [1.29, 1.82) is 0 Å². The van der Waals surface area contributed by atoms with Gasteiger partial charge < -0.3 is 16.2 Å². The van der Waals surface area contributed by atoms with Crippen LogP contribution in [0.3, 0.4) is 0 Å². The summed E-state index contributed by atoms with van der Waals surface area (Å²) in [5, 5.41) is 11.3. The van der Waals surface area contributed by atoms with Crippen LogP contribution in [0.15, 0.2) is 0 Å². The zero-order valence-corrected chi connectivity index (χ0v) is 8.79. The standard InChI is InChI=1S/C9H20N2O2/c1-6(5-12)11-8(13)7(10)9(2,3)4/h6-7,12H,5,10H2,1-4H3,(H,11,13)/t6?,7-/m1/s1. The topological polar surface area (TPSA) is 75.3 Å². The van der Waals surface area contributed by atoms with Crippen molar-refractivity contribution in [2.45, 2.75) is 39.8 Å². The quantitative estimate of drug-likeness (QED) is 0.577. The van der Waals surface area contributed by atoms with Crippen molar-refractivity contribution in [3.8, 4) is 0 Å². The maximum Gasteiger partial charge on any atom is 0.237 e. The Hall–Kier alpha value is -0.610. The molecule has 1 amide bonds. The summed E-state index contributed by atoms with van der Waals surface area (Å²) in [4.78, 5) is 11.4. The van der Waals surface area contributed by atoms with Gasteiger partial charge >= 0.3 is 0 Å². The summed E-state index contributed by atoms with van der Waals surface area (Å²) in [6.07, 6.45) is 0. The number of carbonyl (C=O) groups excluding carboxylic acids is 1. The van der Waals surface area contributed by atoms with E-state index in [0.717, 1.165) is 0 Å². The van der Waals surface area contributed by atoms with Crippen molar-refractivity contribution in [3.05, 3.63) is 0 Å². The van der Waals surface area contributed by atoms with Gasteiger partial charge in [0, 0.05) is 6.04 Å². The van der Waals surface area contributed by atoms with E-state index in [4.69, 9.17) is 10.8 Å². The molecule has 0 aromatic carbocycles. The molecule has 78 valence electrons. The number of rotatable bonds is 3. The fraction of sp³-hybridized carbons (Fsp3) is 0.889. The minimum atomic E-state index is -0.540. The molecule has 0 fully saturated rings. The lowest BCUT2D eigenvalue weighted by molar-refractivity contribution is -0.125. The zero-order chi connectivity index (χ0) is 10.6. The molecule has 13 heavy (non-hydrogen) atoms. The molecule has 0 aliphatic carbocycles. The number of nitrogens with one attached hydrogen (secondary N) is 1. The first kappa shape index (κ1) is 12.4. The third-order valence-corrected chi connectivity index (χ3v) is 1.88. The van der Waals surface area contributed by atoms with Crippen LogP contribution in [0, 0.1) is 5.41 Å². The average molecular weight is 188 g/mol. The molecular formula is C9H20N2O2. The van der Waals surface area contributed by atoms with Crippen molar-refractivity contribution >= 4 is 5.91 Å². The van der Waals surface area contributed by atoms with Gasteiger partial charge in [-0.2, -0.15) is 0 Å². The highest BCUT2D eigenvalue weighted by molar-refractivity contribution is 5.82. The van der Waals surface area contributed by atoms with Gasteiger partial charge in [0.25, 0.3) is 0 Å². The molecule has 0 bridgehead atoms. The van der Waals surface area contributed by atoms with E-state index < -0.39 is 6.04 Å². The number of nitrogens with two attached hydrogens (primary N) is 1. The lowest BCUT2D eigenvalue weighted by Crippen LogP contribution is -2.51. The van der Waals surface area contributed by atoms with Crippen LogP contribution in [0.4, 0.5) is 0 Å². The van der Waals surface area contributed by atoms with Gasteiger partial charge in [-0.15, -0.1) is 0 Å². The fourth-order valence-corrected chi connectivity index (χ4v) is 0.772. The third-order valence-electron chi connectivity index (χ3n) is 1.88. The van der Waals surface area contributed by atoms with E-state index in [9.17, 15) is 4.79 Å². The molecule has 4 heteroatoms. The molecule has 0 saturated heterocycles. The van der Waals surface area contributed by atoms with E-state index in [2.05, 4.69) is 5.32 Å². The fourth-order valence-electron chi connectivity index (χ4n) is 0.772. The summed E-state index contributed by atoms with van der Waals surface area (Å²) < 4.78 is 0. The molecule has 2 atom stereocenters. The number of hydrogen-bond acceptors (Lipinski definition) is 3. The maximum absolute atomic E-state index is 11.4. The van der Waals surface area contributed by atoms with E-state index >= 15 is 0 Å². The highest BCUT2D eigenvalue weighted by Crippen LogP contribution is 2.17. The predicted molar refractivity (Wildman–Crippen MR) is 52.1 cm³/mol. The van der Waals surface area contributed by atoms with Gasteiger partial charge in [-0.1, -0.05) is 20.8 Å². The monoisotopic (exact) mass is 188 g/mol. The van der Waals surface area contributed by atoms with E-state index in [-0.39, 0.29) is 24.0 Å². The van der Waals surface area contributed by atoms with Crippen LogP contribution < -0.4 is 11.1 Å². The lowest BCUT2D eigenvalue weighted by atomic mass is 9.87. The van der Waals surface area contributed by atoms with Crippen LogP contribution in [0.25, 0.3) is 0 Å². The van der Waals surface area contributed by atoms with Crippen molar-refractivity contribution in [3.63, 3.8) is 0 Å². The Morgan fingerprint density at radius 3 is 2.31 bits per heavy atom. The SMILES string of the molecule is CC(CO)NC(=O)[C@@H](N)C(C)(C)C. The second kappa shape index (κ2) is 4.58. The Balaban J connectivity index is 4.12. The summed E-state index contributed by atoms with van der Waals surface area (Å²) in [5.41, 5.74) is 5.45. The molecule has 0 rings (SSSR count). The minimum Gasteiger partial charge on any atom is -0.394 e. The molecule has 0 heterocycles. The van der Waals surface area contributed by atoms with Crippen molar-refractivity contribution < 1.29 is 9.90 Å². The first-order valence-corrected chi connectivity index (χ1v) is 4.46. The van der Waals surface area contributed by atoms with Gasteiger partial charge in [0.2, 0.25) is 5.91 Å². The Kier molecular flexibility index (Phi) is 4.36. The summed E-state index contributed by atoms with van der Waals surface area (Å²) in [6.45, 7) is 7.37.